The van der Waals surface area contributed by atoms with Crippen LogP contribution in [0.3, 0.4) is 0 Å². The van der Waals surface area contributed by atoms with Gasteiger partial charge in [0.15, 0.2) is 5.57 Å². The summed E-state index contributed by atoms with van der Waals surface area (Å²) in [4.78, 5) is 14.5. The highest BCUT2D eigenvalue weighted by Crippen LogP contribution is 2.03. The van der Waals surface area contributed by atoms with Crippen molar-refractivity contribution in [2.75, 3.05) is 0 Å². The van der Waals surface area contributed by atoms with Crippen LogP contribution in [0.2, 0.25) is 0 Å². The second kappa shape index (κ2) is 4.23. The number of carboxylic acid groups (broad SMARTS) is 1. The predicted molar refractivity (Wildman–Crippen MR) is 49.1 cm³/mol. The molecule has 5 nitrogen and oxygen atoms in total. The molecule has 0 fully saturated rings. The number of hydrogen-bond donors (Lipinski definition) is 1. The van der Waals surface area contributed by atoms with Gasteiger partial charge in [0.1, 0.15) is 11.9 Å². The lowest BCUT2D eigenvalue weighted by Crippen LogP contribution is -2.01. The van der Waals surface area contributed by atoms with Gasteiger partial charge in [0.25, 0.3) is 0 Å². The fourth-order valence-electron chi connectivity index (χ4n) is 1.01. The highest BCUT2D eigenvalue weighted by Gasteiger charge is 2.06. The maximum absolute atomic E-state index is 10.5. The number of imidazole rings is 1. The van der Waals surface area contributed by atoms with E-state index < -0.39 is 5.97 Å². The van der Waals surface area contributed by atoms with Gasteiger partial charge in [-0.15, -0.1) is 0 Å². The van der Waals surface area contributed by atoms with Crippen LogP contribution in [-0.2, 0) is 11.2 Å². The van der Waals surface area contributed by atoms with Crippen LogP contribution < -0.4 is 0 Å². The lowest BCUT2D eigenvalue weighted by Gasteiger charge is -1.98. The second-order valence-electron chi connectivity index (χ2n) is 2.56. The van der Waals surface area contributed by atoms with Crippen molar-refractivity contribution in [1.82, 2.24) is 9.55 Å². The predicted octanol–water partition coefficient (Wildman–Crippen LogP) is 0.895. The summed E-state index contributed by atoms with van der Waals surface area (Å²) < 4.78 is 1.53. The molecule has 0 aromatic carbocycles. The Morgan fingerprint density at radius 2 is 2.57 bits per heavy atom. The van der Waals surface area contributed by atoms with E-state index in [1.807, 2.05) is 6.92 Å². The van der Waals surface area contributed by atoms with E-state index >= 15 is 0 Å². The van der Waals surface area contributed by atoms with Gasteiger partial charge in [-0.05, 0) is 0 Å². The van der Waals surface area contributed by atoms with Crippen molar-refractivity contribution < 1.29 is 9.90 Å². The zero-order valence-electron chi connectivity index (χ0n) is 7.64. The summed E-state index contributed by atoms with van der Waals surface area (Å²) in [5, 5.41) is 17.1. The molecule has 0 spiro atoms. The number of nitrogens with zero attached hydrogens (tertiary/aromatic N) is 3. The zero-order valence-corrected chi connectivity index (χ0v) is 7.64. The van der Waals surface area contributed by atoms with Crippen molar-refractivity contribution >= 4 is 12.2 Å². The summed E-state index contributed by atoms with van der Waals surface area (Å²) in [5.74, 6) is -0.512. The number of carboxylic acids is 1. The first-order valence-electron chi connectivity index (χ1n) is 4.06. The van der Waals surface area contributed by atoms with Gasteiger partial charge in [-0.3, -0.25) is 0 Å². The summed E-state index contributed by atoms with van der Waals surface area (Å²) in [6.07, 6.45) is 5.11. The molecule has 14 heavy (non-hydrogen) atoms. The first-order valence-corrected chi connectivity index (χ1v) is 4.06. The minimum Gasteiger partial charge on any atom is -0.477 e. The van der Waals surface area contributed by atoms with Gasteiger partial charge in [-0.2, -0.15) is 5.26 Å². The molecular formula is C9H9N3O2. The largest absolute Gasteiger partial charge is 0.477 e. The van der Waals surface area contributed by atoms with E-state index in [1.54, 1.807) is 18.5 Å². The standard InChI is InChI=1S/C9H9N3O2/c1-2-8-11-3-4-12(8)6-7(5-10)9(13)14/h3-4,6H,2H2,1H3,(H,13,14). The molecule has 0 bridgehead atoms. The lowest BCUT2D eigenvalue weighted by atomic mass is 10.3. The average molecular weight is 191 g/mol. The van der Waals surface area contributed by atoms with Gasteiger partial charge in [0.05, 0.1) is 0 Å². The van der Waals surface area contributed by atoms with Crippen LogP contribution in [0.1, 0.15) is 12.7 Å². The van der Waals surface area contributed by atoms with Crippen molar-refractivity contribution in [1.29, 1.82) is 5.26 Å². The van der Waals surface area contributed by atoms with E-state index in [0.717, 1.165) is 5.82 Å². The Balaban J connectivity index is 3.07. The van der Waals surface area contributed by atoms with E-state index in [-0.39, 0.29) is 5.57 Å². The van der Waals surface area contributed by atoms with E-state index in [2.05, 4.69) is 4.98 Å². The minimum absolute atomic E-state index is 0.308. The number of carbonyl (C=O) groups is 1. The van der Waals surface area contributed by atoms with Crippen LogP contribution in [0, 0.1) is 11.3 Å². The number of aromatic nitrogens is 2. The Morgan fingerprint density at radius 1 is 1.86 bits per heavy atom. The SMILES string of the molecule is CCc1nccn1C=C(C#N)C(=O)O. The van der Waals surface area contributed by atoms with Crippen LogP contribution >= 0.6 is 0 Å². The fraction of sp³-hybridized carbons (Fsp3) is 0.222. The van der Waals surface area contributed by atoms with Gasteiger partial charge in [0.2, 0.25) is 0 Å². The van der Waals surface area contributed by atoms with Gasteiger partial charge in [-0.1, -0.05) is 6.92 Å². The summed E-state index contributed by atoms with van der Waals surface area (Å²) in [6.45, 7) is 1.90. The molecule has 72 valence electrons. The molecule has 0 aliphatic rings. The number of hydrogen-bond acceptors (Lipinski definition) is 3. The molecule has 1 heterocycles. The summed E-state index contributed by atoms with van der Waals surface area (Å²) in [5.41, 5.74) is -0.308. The number of rotatable bonds is 3. The third-order valence-electron chi connectivity index (χ3n) is 1.68. The molecule has 1 N–H and O–H groups in total. The lowest BCUT2D eigenvalue weighted by molar-refractivity contribution is -0.132. The number of nitriles is 1. The monoisotopic (exact) mass is 191 g/mol. The molecule has 1 aromatic rings. The Labute approximate surface area is 80.9 Å². The van der Waals surface area contributed by atoms with Crippen molar-refractivity contribution in [3.05, 3.63) is 23.8 Å². The summed E-state index contributed by atoms with van der Waals surface area (Å²) in [6, 6.07) is 1.60. The number of aliphatic carboxylic acids is 1. The summed E-state index contributed by atoms with van der Waals surface area (Å²) >= 11 is 0. The Morgan fingerprint density at radius 3 is 3.07 bits per heavy atom. The molecular weight excluding hydrogens is 182 g/mol. The van der Waals surface area contributed by atoms with Gasteiger partial charge in [0, 0.05) is 25.0 Å². The van der Waals surface area contributed by atoms with Crippen molar-refractivity contribution in [3.8, 4) is 6.07 Å². The summed E-state index contributed by atoms with van der Waals surface area (Å²) in [7, 11) is 0. The quantitative estimate of drug-likeness (QED) is 0.568. The normalized spacial score (nSPS) is 11.0. The van der Waals surface area contributed by atoms with Crippen molar-refractivity contribution in [2.24, 2.45) is 0 Å². The van der Waals surface area contributed by atoms with E-state index in [4.69, 9.17) is 10.4 Å². The minimum atomic E-state index is -1.23. The molecule has 0 saturated heterocycles. The molecule has 5 heteroatoms. The molecule has 0 aliphatic heterocycles. The van der Waals surface area contributed by atoms with E-state index in [9.17, 15) is 4.79 Å². The van der Waals surface area contributed by atoms with Gasteiger partial charge >= 0.3 is 5.97 Å². The highest BCUT2D eigenvalue weighted by atomic mass is 16.4. The zero-order chi connectivity index (χ0) is 10.6. The fourth-order valence-corrected chi connectivity index (χ4v) is 1.01. The maximum Gasteiger partial charge on any atom is 0.347 e. The van der Waals surface area contributed by atoms with Crippen LogP contribution in [0.5, 0.6) is 0 Å². The van der Waals surface area contributed by atoms with Crippen molar-refractivity contribution in [2.45, 2.75) is 13.3 Å². The molecule has 1 aromatic heterocycles. The first kappa shape index (κ1) is 9.99. The Kier molecular flexibility index (Phi) is 3.02. The second-order valence-corrected chi connectivity index (χ2v) is 2.56. The maximum atomic E-state index is 10.5. The molecule has 0 aliphatic carbocycles. The molecule has 0 unspecified atom stereocenters. The van der Waals surface area contributed by atoms with Gasteiger partial charge < -0.3 is 9.67 Å². The Bertz CT molecular complexity index is 412. The molecule has 0 radical (unpaired) electrons. The topological polar surface area (TPSA) is 78.9 Å². The van der Waals surface area contributed by atoms with E-state index in [0.29, 0.717) is 6.42 Å². The van der Waals surface area contributed by atoms with E-state index in [1.165, 1.54) is 10.8 Å². The van der Waals surface area contributed by atoms with Crippen LogP contribution in [0.15, 0.2) is 18.0 Å². The van der Waals surface area contributed by atoms with Crippen molar-refractivity contribution in [3.63, 3.8) is 0 Å². The average Bonchev–Trinajstić information content (AvgIpc) is 2.60. The smallest absolute Gasteiger partial charge is 0.347 e. The van der Waals surface area contributed by atoms with Gasteiger partial charge in [-0.25, -0.2) is 9.78 Å². The third-order valence-corrected chi connectivity index (χ3v) is 1.68. The first-order chi connectivity index (χ1) is 6.69. The molecule has 0 atom stereocenters. The number of aryl methyl sites for hydroxylation is 1. The van der Waals surface area contributed by atoms with Crippen LogP contribution in [0.25, 0.3) is 6.20 Å². The molecule has 0 saturated carbocycles. The Hall–Kier alpha value is -2.09. The highest BCUT2D eigenvalue weighted by molar-refractivity contribution is 5.94. The third kappa shape index (κ3) is 1.98. The molecule has 0 amide bonds. The van der Waals surface area contributed by atoms with Crippen LogP contribution in [-0.4, -0.2) is 20.6 Å². The molecule has 1 rings (SSSR count). The van der Waals surface area contributed by atoms with Crippen LogP contribution in [0.4, 0.5) is 0 Å².